The molecule has 2 rings (SSSR count). The second-order valence-corrected chi connectivity index (χ2v) is 5.89. The Bertz CT molecular complexity index is 469. The van der Waals surface area contributed by atoms with Gasteiger partial charge in [0.15, 0.2) is 0 Å². The van der Waals surface area contributed by atoms with Gasteiger partial charge in [-0.3, -0.25) is 9.59 Å². The summed E-state index contributed by atoms with van der Waals surface area (Å²) in [7, 11) is 0. The number of carbonyl (C=O) groups excluding carboxylic acids is 2. The number of piperazine rings is 1. The van der Waals surface area contributed by atoms with Gasteiger partial charge in [0.25, 0.3) is 0 Å². The molecule has 0 aromatic carbocycles. The van der Waals surface area contributed by atoms with Crippen molar-refractivity contribution in [3.63, 3.8) is 0 Å². The van der Waals surface area contributed by atoms with Gasteiger partial charge >= 0.3 is 0 Å². The highest BCUT2D eigenvalue weighted by atomic mass is 32.1. The van der Waals surface area contributed by atoms with Crippen LogP contribution in [0.5, 0.6) is 0 Å². The highest BCUT2D eigenvalue weighted by Crippen LogP contribution is 2.30. The standard InChI is InChI=1S/C13H18N2O2S/c1-4-10-13(17)14-7-12(16)15(10)9(3)11-6-5-8(2)18-11/h5-6,9-10H,4,7H2,1-3H3,(H,14,17). The van der Waals surface area contributed by atoms with Crippen molar-refractivity contribution in [3.8, 4) is 0 Å². The van der Waals surface area contributed by atoms with Gasteiger partial charge in [-0.1, -0.05) is 6.92 Å². The molecule has 1 aliphatic heterocycles. The predicted molar refractivity (Wildman–Crippen MR) is 71.4 cm³/mol. The van der Waals surface area contributed by atoms with Gasteiger partial charge in [-0.15, -0.1) is 11.3 Å². The molecule has 1 fully saturated rings. The van der Waals surface area contributed by atoms with Crippen molar-refractivity contribution >= 4 is 23.2 Å². The first-order valence-corrected chi connectivity index (χ1v) is 7.01. The maximum Gasteiger partial charge on any atom is 0.243 e. The summed E-state index contributed by atoms with van der Waals surface area (Å²) in [4.78, 5) is 27.9. The van der Waals surface area contributed by atoms with Crippen LogP contribution >= 0.6 is 11.3 Å². The van der Waals surface area contributed by atoms with E-state index in [1.165, 1.54) is 4.88 Å². The van der Waals surface area contributed by atoms with Crippen molar-refractivity contribution in [2.45, 2.75) is 39.3 Å². The molecule has 0 radical (unpaired) electrons. The van der Waals surface area contributed by atoms with E-state index in [4.69, 9.17) is 0 Å². The Balaban J connectivity index is 2.27. The molecule has 98 valence electrons. The first kappa shape index (κ1) is 13.1. The third-order valence-corrected chi connectivity index (χ3v) is 4.49. The second-order valence-electron chi connectivity index (χ2n) is 4.57. The van der Waals surface area contributed by atoms with E-state index in [0.717, 1.165) is 4.88 Å². The third kappa shape index (κ3) is 2.27. The molecule has 0 bridgehead atoms. The van der Waals surface area contributed by atoms with Crippen molar-refractivity contribution in [1.29, 1.82) is 0 Å². The summed E-state index contributed by atoms with van der Waals surface area (Å²) in [5.41, 5.74) is 0. The highest BCUT2D eigenvalue weighted by Gasteiger charge is 2.36. The van der Waals surface area contributed by atoms with Crippen LogP contribution in [0.2, 0.25) is 0 Å². The Labute approximate surface area is 111 Å². The molecule has 0 aliphatic carbocycles. The lowest BCUT2D eigenvalue weighted by Gasteiger charge is -2.38. The van der Waals surface area contributed by atoms with Gasteiger partial charge in [-0.05, 0) is 32.4 Å². The minimum Gasteiger partial charge on any atom is -0.345 e. The molecule has 1 N–H and O–H groups in total. The summed E-state index contributed by atoms with van der Waals surface area (Å²) in [5, 5.41) is 2.65. The second kappa shape index (κ2) is 5.10. The first-order chi connectivity index (χ1) is 8.54. The van der Waals surface area contributed by atoms with Crippen LogP contribution in [0.3, 0.4) is 0 Å². The van der Waals surface area contributed by atoms with E-state index in [9.17, 15) is 9.59 Å². The van der Waals surface area contributed by atoms with E-state index < -0.39 is 0 Å². The average molecular weight is 266 g/mol. The van der Waals surface area contributed by atoms with Crippen molar-refractivity contribution in [2.75, 3.05) is 6.54 Å². The summed E-state index contributed by atoms with van der Waals surface area (Å²) in [5.74, 6) is -0.0442. The van der Waals surface area contributed by atoms with E-state index in [2.05, 4.69) is 5.32 Å². The fourth-order valence-corrected chi connectivity index (χ4v) is 3.28. The summed E-state index contributed by atoms with van der Waals surface area (Å²) < 4.78 is 0. The fourth-order valence-electron chi connectivity index (χ4n) is 2.36. The lowest BCUT2D eigenvalue weighted by atomic mass is 10.1. The van der Waals surface area contributed by atoms with Crippen LogP contribution in [-0.2, 0) is 9.59 Å². The SMILES string of the molecule is CCC1C(=O)NCC(=O)N1C(C)c1ccc(C)s1. The molecular weight excluding hydrogens is 248 g/mol. The van der Waals surface area contributed by atoms with E-state index in [1.807, 2.05) is 32.9 Å². The predicted octanol–water partition coefficient (Wildman–Crippen LogP) is 1.85. The highest BCUT2D eigenvalue weighted by molar-refractivity contribution is 7.12. The quantitative estimate of drug-likeness (QED) is 0.907. The van der Waals surface area contributed by atoms with Gasteiger partial charge in [0.05, 0.1) is 12.6 Å². The summed E-state index contributed by atoms with van der Waals surface area (Å²) >= 11 is 1.68. The lowest BCUT2D eigenvalue weighted by Crippen LogP contribution is -2.58. The monoisotopic (exact) mass is 266 g/mol. The van der Waals surface area contributed by atoms with Gasteiger partial charge < -0.3 is 10.2 Å². The van der Waals surface area contributed by atoms with Gasteiger partial charge in [-0.25, -0.2) is 0 Å². The molecule has 1 aromatic rings. The Hall–Kier alpha value is -1.36. The fraction of sp³-hybridized carbons (Fsp3) is 0.538. The zero-order valence-electron chi connectivity index (χ0n) is 10.9. The third-order valence-electron chi connectivity index (χ3n) is 3.32. The molecule has 18 heavy (non-hydrogen) atoms. The van der Waals surface area contributed by atoms with Crippen molar-refractivity contribution < 1.29 is 9.59 Å². The van der Waals surface area contributed by atoms with Crippen LogP contribution < -0.4 is 5.32 Å². The molecule has 1 aliphatic rings. The number of nitrogens with one attached hydrogen (secondary N) is 1. The molecule has 2 atom stereocenters. The Morgan fingerprint density at radius 1 is 1.50 bits per heavy atom. The van der Waals surface area contributed by atoms with Crippen LogP contribution in [0, 0.1) is 6.92 Å². The molecule has 0 spiro atoms. The number of carbonyl (C=O) groups is 2. The molecule has 2 unspecified atom stereocenters. The van der Waals surface area contributed by atoms with Crippen LogP contribution in [0.25, 0.3) is 0 Å². The molecule has 0 saturated carbocycles. The van der Waals surface area contributed by atoms with Crippen molar-refractivity contribution in [2.24, 2.45) is 0 Å². The summed E-state index contributed by atoms with van der Waals surface area (Å²) in [6.45, 7) is 6.08. The van der Waals surface area contributed by atoms with Gasteiger partial charge in [-0.2, -0.15) is 0 Å². The maximum atomic E-state index is 12.0. The molecule has 2 amide bonds. The largest absolute Gasteiger partial charge is 0.345 e. The number of nitrogens with zero attached hydrogens (tertiary/aromatic N) is 1. The van der Waals surface area contributed by atoms with Gasteiger partial charge in [0, 0.05) is 9.75 Å². The molecule has 1 aromatic heterocycles. The molecule has 2 heterocycles. The number of hydrogen-bond donors (Lipinski definition) is 1. The molecule has 5 heteroatoms. The van der Waals surface area contributed by atoms with Crippen LogP contribution in [0.15, 0.2) is 12.1 Å². The van der Waals surface area contributed by atoms with Crippen LogP contribution in [0.1, 0.15) is 36.1 Å². The summed E-state index contributed by atoms with van der Waals surface area (Å²) in [6.07, 6.45) is 0.645. The topological polar surface area (TPSA) is 49.4 Å². The van der Waals surface area contributed by atoms with Gasteiger partial charge in [0.1, 0.15) is 6.04 Å². The first-order valence-electron chi connectivity index (χ1n) is 6.19. The number of aryl methyl sites for hydroxylation is 1. The van der Waals surface area contributed by atoms with Gasteiger partial charge in [0.2, 0.25) is 11.8 Å². The Kier molecular flexibility index (Phi) is 3.71. The minimum absolute atomic E-state index is 0.00000283. The van der Waals surface area contributed by atoms with Crippen molar-refractivity contribution in [1.82, 2.24) is 10.2 Å². The maximum absolute atomic E-state index is 12.0. The number of amides is 2. The zero-order chi connectivity index (χ0) is 13.3. The van der Waals surface area contributed by atoms with Crippen LogP contribution in [-0.4, -0.2) is 29.3 Å². The molecule has 1 saturated heterocycles. The number of rotatable bonds is 3. The number of thiophene rings is 1. The number of hydrogen-bond acceptors (Lipinski definition) is 3. The molecular formula is C13H18N2O2S. The smallest absolute Gasteiger partial charge is 0.243 e. The van der Waals surface area contributed by atoms with Crippen LogP contribution in [0.4, 0.5) is 0 Å². The minimum atomic E-state index is -0.344. The van der Waals surface area contributed by atoms with E-state index in [1.54, 1.807) is 16.2 Å². The van der Waals surface area contributed by atoms with Crippen molar-refractivity contribution in [3.05, 3.63) is 21.9 Å². The Morgan fingerprint density at radius 3 is 2.78 bits per heavy atom. The normalized spacial score (nSPS) is 21.9. The average Bonchev–Trinajstić information content (AvgIpc) is 2.77. The lowest BCUT2D eigenvalue weighted by molar-refractivity contribution is -0.148. The van der Waals surface area contributed by atoms with E-state index in [0.29, 0.717) is 6.42 Å². The molecule has 4 nitrogen and oxygen atoms in total. The van der Waals surface area contributed by atoms with E-state index >= 15 is 0 Å². The Morgan fingerprint density at radius 2 is 2.22 bits per heavy atom. The summed E-state index contributed by atoms with van der Waals surface area (Å²) in [6, 6.07) is 3.71. The van der Waals surface area contributed by atoms with E-state index in [-0.39, 0.29) is 30.4 Å². The zero-order valence-corrected chi connectivity index (χ0v) is 11.7.